The van der Waals surface area contributed by atoms with E-state index in [9.17, 15) is 13.2 Å². The first kappa shape index (κ1) is 16.5. The Balaban J connectivity index is 1.76. The summed E-state index contributed by atoms with van der Waals surface area (Å²) in [5.41, 5.74) is 3.65. The average Bonchev–Trinajstić information content (AvgIpc) is 2.97. The van der Waals surface area contributed by atoms with Gasteiger partial charge in [0.25, 0.3) is 0 Å². The van der Waals surface area contributed by atoms with Gasteiger partial charge in [0.15, 0.2) is 0 Å². The summed E-state index contributed by atoms with van der Waals surface area (Å²) in [6.07, 6.45) is -4.33. The number of halogens is 3. The molecule has 0 aliphatic heterocycles. The fourth-order valence-electron chi connectivity index (χ4n) is 3.11. The molecule has 0 N–H and O–H groups in total. The van der Waals surface area contributed by atoms with E-state index >= 15 is 0 Å². The van der Waals surface area contributed by atoms with Gasteiger partial charge in [-0.1, -0.05) is 11.6 Å². The van der Waals surface area contributed by atoms with Crippen LogP contribution in [0.1, 0.15) is 11.1 Å². The molecule has 4 aromatic rings. The lowest BCUT2D eigenvalue weighted by atomic mass is 10.1. The van der Waals surface area contributed by atoms with Gasteiger partial charge in [0.2, 0.25) is 0 Å². The van der Waals surface area contributed by atoms with Crippen LogP contribution in [0.15, 0.2) is 65.1 Å². The summed E-state index contributed by atoms with van der Waals surface area (Å²) < 4.78 is 44.1. The normalized spacial score (nSPS) is 12.0. The zero-order valence-electron chi connectivity index (χ0n) is 14.3. The largest absolute Gasteiger partial charge is 0.456 e. The molecule has 0 aliphatic rings. The van der Waals surface area contributed by atoms with Gasteiger partial charge in [-0.15, -0.1) is 0 Å². The van der Waals surface area contributed by atoms with Crippen molar-refractivity contribution in [3.8, 4) is 0 Å². The number of hydrogen-bond donors (Lipinski definition) is 0. The van der Waals surface area contributed by atoms with Crippen LogP contribution in [-0.4, -0.2) is 7.05 Å². The summed E-state index contributed by atoms with van der Waals surface area (Å²) in [6, 6.07) is 17.0. The molecule has 0 radical (unpaired) electrons. The van der Waals surface area contributed by atoms with Gasteiger partial charge in [-0.25, -0.2) is 0 Å². The molecule has 5 heteroatoms. The predicted molar refractivity (Wildman–Crippen MR) is 98.0 cm³/mol. The van der Waals surface area contributed by atoms with E-state index in [2.05, 4.69) is 6.07 Å². The Morgan fingerprint density at radius 2 is 1.35 bits per heavy atom. The number of fused-ring (bicyclic) bond motifs is 3. The third-order valence-corrected chi connectivity index (χ3v) is 4.58. The van der Waals surface area contributed by atoms with Crippen LogP contribution in [0.25, 0.3) is 21.9 Å². The molecular weight excluding hydrogens is 339 g/mol. The predicted octanol–water partition coefficient (Wildman–Crippen LogP) is 6.68. The SMILES string of the molecule is Cc1ccc2oc3ccc(N(C)c4ccc(C(F)(F)F)cc4)cc3c2c1. The molecule has 0 fully saturated rings. The molecule has 0 bridgehead atoms. The van der Waals surface area contributed by atoms with E-state index in [4.69, 9.17) is 4.42 Å². The number of alkyl halides is 3. The Kier molecular flexibility index (Phi) is 3.68. The molecule has 1 aromatic heterocycles. The molecule has 4 rings (SSSR count). The molecule has 0 saturated carbocycles. The number of hydrogen-bond acceptors (Lipinski definition) is 2. The van der Waals surface area contributed by atoms with Crippen molar-refractivity contribution in [2.75, 3.05) is 11.9 Å². The third-order valence-electron chi connectivity index (χ3n) is 4.58. The molecule has 132 valence electrons. The smallest absolute Gasteiger partial charge is 0.416 e. The fourth-order valence-corrected chi connectivity index (χ4v) is 3.11. The van der Waals surface area contributed by atoms with Crippen molar-refractivity contribution < 1.29 is 17.6 Å². The lowest BCUT2D eigenvalue weighted by molar-refractivity contribution is -0.137. The van der Waals surface area contributed by atoms with E-state index in [1.807, 2.05) is 49.2 Å². The van der Waals surface area contributed by atoms with Crippen LogP contribution < -0.4 is 4.90 Å². The number of anilines is 2. The van der Waals surface area contributed by atoms with E-state index in [-0.39, 0.29) is 0 Å². The van der Waals surface area contributed by atoms with Gasteiger partial charge in [-0.3, -0.25) is 0 Å². The molecular formula is C21H16F3NO. The fraction of sp³-hybridized carbons (Fsp3) is 0.143. The van der Waals surface area contributed by atoms with Crippen molar-refractivity contribution in [3.05, 3.63) is 71.8 Å². The summed E-state index contributed by atoms with van der Waals surface area (Å²) in [6.45, 7) is 2.02. The number of furan rings is 1. The van der Waals surface area contributed by atoms with Crippen LogP contribution in [0, 0.1) is 6.92 Å². The van der Waals surface area contributed by atoms with E-state index < -0.39 is 11.7 Å². The monoisotopic (exact) mass is 355 g/mol. The van der Waals surface area contributed by atoms with Gasteiger partial charge < -0.3 is 9.32 Å². The van der Waals surface area contributed by atoms with Gasteiger partial charge in [0.1, 0.15) is 11.2 Å². The van der Waals surface area contributed by atoms with Crippen LogP contribution >= 0.6 is 0 Å². The summed E-state index contributed by atoms with van der Waals surface area (Å²) in [4.78, 5) is 1.86. The standard InChI is InChI=1S/C21H16F3NO/c1-13-3-9-19-17(11-13)18-12-16(8-10-20(18)26-19)25(2)15-6-4-14(5-7-15)21(22,23)24/h3-12H,1-2H3. The zero-order valence-corrected chi connectivity index (χ0v) is 14.3. The topological polar surface area (TPSA) is 16.4 Å². The van der Waals surface area contributed by atoms with Crippen molar-refractivity contribution in [2.45, 2.75) is 13.1 Å². The van der Waals surface area contributed by atoms with Gasteiger partial charge in [0, 0.05) is 29.2 Å². The van der Waals surface area contributed by atoms with Crippen LogP contribution in [0.5, 0.6) is 0 Å². The van der Waals surface area contributed by atoms with E-state index in [1.54, 1.807) is 0 Å². The first-order valence-corrected chi connectivity index (χ1v) is 8.17. The average molecular weight is 355 g/mol. The number of aryl methyl sites for hydroxylation is 1. The maximum absolute atomic E-state index is 12.7. The van der Waals surface area contributed by atoms with E-state index in [0.29, 0.717) is 5.69 Å². The van der Waals surface area contributed by atoms with Gasteiger partial charge in [-0.05, 0) is 61.5 Å². The van der Waals surface area contributed by atoms with Crippen molar-refractivity contribution >= 4 is 33.3 Å². The van der Waals surface area contributed by atoms with Gasteiger partial charge in [0.05, 0.1) is 5.56 Å². The lowest BCUT2D eigenvalue weighted by Crippen LogP contribution is -2.10. The summed E-state index contributed by atoms with van der Waals surface area (Å²) in [5.74, 6) is 0. The van der Waals surface area contributed by atoms with Crippen LogP contribution in [0.2, 0.25) is 0 Å². The molecule has 0 atom stereocenters. The molecule has 2 nitrogen and oxygen atoms in total. The summed E-state index contributed by atoms with van der Waals surface area (Å²) in [7, 11) is 1.83. The second-order valence-corrected chi connectivity index (χ2v) is 6.39. The number of rotatable bonds is 2. The van der Waals surface area contributed by atoms with Crippen molar-refractivity contribution in [1.82, 2.24) is 0 Å². The minimum Gasteiger partial charge on any atom is -0.456 e. The summed E-state index contributed by atoms with van der Waals surface area (Å²) >= 11 is 0. The molecule has 0 amide bonds. The summed E-state index contributed by atoms with van der Waals surface area (Å²) in [5, 5.41) is 2.02. The minimum absolute atomic E-state index is 0.651. The van der Waals surface area contributed by atoms with Crippen LogP contribution in [-0.2, 0) is 6.18 Å². The van der Waals surface area contributed by atoms with Crippen LogP contribution in [0.4, 0.5) is 24.5 Å². The Morgan fingerprint density at radius 1 is 0.769 bits per heavy atom. The molecule has 26 heavy (non-hydrogen) atoms. The van der Waals surface area contributed by atoms with Crippen LogP contribution in [0.3, 0.4) is 0 Å². The Labute approximate surface area is 148 Å². The highest BCUT2D eigenvalue weighted by molar-refractivity contribution is 6.06. The highest BCUT2D eigenvalue weighted by Crippen LogP contribution is 2.35. The molecule has 3 aromatic carbocycles. The first-order valence-electron chi connectivity index (χ1n) is 8.17. The quantitative estimate of drug-likeness (QED) is 0.399. The van der Waals surface area contributed by atoms with E-state index in [1.165, 1.54) is 12.1 Å². The Morgan fingerprint density at radius 3 is 2.00 bits per heavy atom. The van der Waals surface area contributed by atoms with Crippen molar-refractivity contribution in [2.24, 2.45) is 0 Å². The highest BCUT2D eigenvalue weighted by Gasteiger charge is 2.30. The van der Waals surface area contributed by atoms with Gasteiger partial charge >= 0.3 is 6.18 Å². The molecule has 0 unspecified atom stereocenters. The third kappa shape index (κ3) is 2.79. The first-order chi connectivity index (χ1) is 12.3. The van der Waals surface area contributed by atoms with Crippen molar-refractivity contribution in [1.29, 1.82) is 0 Å². The number of benzene rings is 3. The molecule has 0 saturated heterocycles. The molecule has 0 spiro atoms. The van der Waals surface area contributed by atoms with Crippen molar-refractivity contribution in [3.63, 3.8) is 0 Å². The zero-order chi connectivity index (χ0) is 18.5. The molecule has 0 aliphatic carbocycles. The number of nitrogens with zero attached hydrogens (tertiary/aromatic N) is 1. The maximum Gasteiger partial charge on any atom is 0.416 e. The Hall–Kier alpha value is -2.95. The lowest BCUT2D eigenvalue weighted by Gasteiger charge is -2.20. The second kappa shape index (κ2) is 5.80. The van der Waals surface area contributed by atoms with E-state index in [0.717, 1.165) is 45.3 Å². The molecule has 1 heterocycles. The maximum atomic E-state index is 12.7. The van der Waals surface area contributed by atoms with Gasteiger partial charge in [-0.2, -0.15) is 13.2 Å². The minimum atomic E-state index is -4.33. The second-order valence-electron chi connectivity index (χ2n) is 6.39. The highest BCUT2D eigenvalue weighted by atomic mass is 19.4. The Bertz CT molecular complexity index is 1090.